The second kappa shape index (κ2) is 6.62. The maximum absolute atomic E-state index is 11.8. The van der Waals surface area contributed by atoms with Gasteiger partial charge in [-0.15, -0.1) is 0 Å². The molecule has 1 aromatic rings. The third kappa shape index (κ3) is 4.25. The van der Waals surface area contributed by atoms with Gasteiger partial charge in [-0.2, -0.15) is 0 Å². The van der Waals surface area contributed by atoms with Crippen LogP contribution in [0.25, 0.3) is 0 Å². The van der Waals surface area contributed by atoms with Gasteiger partial charge in [-0.1, -0.05) is 67.0 Å². The van der Waals surface area contributed by atoms with Gasteiger partial charge in [-0.05, 0) is 45.5 Å². The number of phenols is 1. The Kier molecular flexibility index (Phi) is 5.72. The molecule has 0 saturated heterocycles. The van der Waals surface area contributed by atoms with Crippen LogP contribution in [0.5, 0.6) is 5.75 Å². The Hall–Kier alpha value is -1.02. The molecule has 0 amide bonds. The first kappa shape index (κ1) is 19.0. The van der Waals surface area contributed by atoms with Crippen LogP contribution < -0.4 is 0 Å². The highest BCUT2D eigenvalue weighted by Crippen LogP contribution is 2.41. The predicted molar refractivity (Wildman–Crippen MR) is 94.0 cm³/mol. The van der Waals surface area contributed by atoms with Gasteiger partial charge in [-0.25, -0.2) is 0 Å². The van der Waals surface area contributed by atoms with Gasteiger partial charge in [0.05, 0.1) is 5.92 Å². The van der Waals surface area contributed by atoms with Gasteiger partial charge < -0.3 is 5.11 Å². The molecule has 0 saturated carbocycles. The summed E-state index contributed by atoms with van der Waals surface area (Å²) < 4.78 is 0. The number of carbonyl (C=O) groups excluding carboxylic acids is 1. The zero-order chi connectivity index (χ0) is 17.3. The summed E-state index contributed by atoms with van der Waals surface area (Å²) in [5.41, 5.74) is 2.25. The highest BCUT2D eigenvalue weighted by atomic mass is 35.5. The van der Waals surface area contributed by atoms with E-state index in [9.17, 15) is 9.90 Å². The van der Waals surface area contributed by atoms with Crippen LogP contribution >= 0.6 is 11.6 Å². The van der Waals surface area contributed by atoms with Crippen LogP contribution in [-0.4, -0.2) is 10.3 Å². The van der Waals surface area contributed by atoms with Crippen molar-refractivity contribution in [3.63, 3.8) is 0 Å². The maximum Gasteiger partial charge on any atom is 0.229 e. The van der Waals surface area contributed by atoms with Crippen molar-refractivity contribution in [1.29, 1.82) is 0 Å². The summed E-state index contributed by atoms with van der Waals surface area (Å²) in [5.74, 6) is 0.0236. The number of carbonyl (C=O) groups is 1. The van der Waals surface area contributed by atoms with Gasteiger partial charge >= 0.3 is 0 Å². The Morgan fingerprint density at radius 1 is 1.09 bits per heavy atom. The lowest BCUT2D eigenvalue weighted by molar-refractivity contribution is -0.113. The van der Waals surface area contributed by atoms with Crippen molar-refractivity contribution in [3.8, 4) is 5.75 Å². The molecule has 1 N–H and O–H groups in total. The van der Waals surface area contributed by atoms with Gasteiger partial charge in [-0.3, -0.25) is 4.79 Å². The van der Waals surface area contributed by atoms with E-state index < -0.39 is 0 Å². The topological polar surface area (TPSA) is 37.3 Å². The lowest BCUT2D eigenvalue weighted by Crippen LogP contribution is -2.19. The SMILES string of the molecule is CCCC(C(=O)Cl)c1cc(C(C)(C)C)c(O)c(C(C)(C)C)c1. The Morgan fingerprint density at radius 2 is 1.50 bits per heavy atom. The van der Waals surface area contributed by atoms with E-state index in [0.717, 1.165) is 29.5 Å². The van der Waals surface area contributed by atoms with Crippen LogP contribution in [0, 0.1) is 0 Å². The van der Waals surface area contributed by atoms with Gasteiger partial charge in [0.15, 0.2) is 0 Å². The second-order valence-electron chi connectivity index (χ2n) is 8.11. The lowest BCUT2D eigenvalue weighted by atomic mass is 9.77. The maximum atomic E-state index is 11.8. The van der Waals surface area contributed by atoms with Gasteiger partial charge in [0.2, 0.25) is 5.24 Å². The van der Waals surface area contributed by atoms with E-state index >= 15 is 0 Å². The van der Waals surface area contributed by atoms with Crippen LogP contribution in [0.3, 0.4) is 0 Å². The van der Waals surface area contributed by atoms with E-state index in [1.54, 1.807) is 0 Å². The summed E-state index contributed by atoms with van der Waals surface area (Å²) in [6.07, 6.45) is 1.61. The molecular weight excluding hydrogens is 296 g/mol. The Morgan fingerprint density at radius 3 is 1.77 bits per heavy atom. The zero-order valence-corrected chi connectivity index (χ0v) is 15.6. The largest absolute Gasteiger partial charge is 0.507 e. The molecule has 0 aliphatic heterocycles. The number of rotatable bonds is 4. The Labute approximate surface area is 139 Å². The molecule has 1 rings (SSSR count). The minimum Gasteiger partial charge on any atom is -0.507 e. The molecule has 1 atom stereocenters. The molecule has 2 nitrogen and oxygen atoms in total. The normalized spacial score (nSPS) is 14.0. The third-order valence-electron chi connectivity index (χ3n) is 4.00. The summed E-state index contributed by atoms with van der Waals surface area (Å²) in [7, 11) is 0. The average molecular weight is 325 g/mol. The van der Waals surface area contributed by atoms with Crippen LogP contribution in [-0.2, 0) is 15.6 Å². The van der Waals surface area contributed by atoms with E-state index in [2.05, 4.69) is 41.5 Å². The molecular formula is C19H29ClO2. The van der Waals surface area contributed by atoms with Gasteiger partial charge in [0.1, 0.15) is 5.75 Å². The van der Waals surface area contributed by atoms with Crippen molar-refractivity contribution in [2.24, 2.45) is 0 Å². The molecule has 0 aliphatic rings. The molecule has 0 aliphatic carbocycles. The Bertz CT molecular complexity index is 513. The van der Waals surface area contributed by atoms with Crippen LogP contribution in [0.4, 0.5) is 0 Å². The molecule has 1 aromatic carbocycles. The van der Waals surface area contributed by atoms with Gasteiger partial charge in [0, 0.05) is 0 Å². The first-order valence-electron chi connectivity index (χ1n) is 7.96. The smallest absolute Gasteiger partial charge is 0.229 e. The number of aromatic hydroxyl groups is 1. The number of hydrogen-bond acceptors (Lipinski definition) is 2. The summed E-state index contributed by atoms with van der Waals surface area (Å²) in [5, 5.41) is 10.4. The summed E-state index contributed by atoms with van der Waals surface area (Å²) in [6.45, 7) is 14.4. The van der Waals surface area contributed by atoms with E-state index in [1.807, 2.05) is 19.1 Å². The fraction of sp³-hybridized carbons (Fsp3) is 0.632. The minimum atomic E-state index is -0.327. The van der Waals surface area contributed by atoms with Crippen molar-refractivity contribution >= 4 is 16.8 Å². The van der Waals surface area contributed by atoms with Crippen LogP contribution in [0.15, 0.2) is 12.1 Å². The molecule has 0 radical (unpaired) electrons. The van der Waals surface area contributed by atoms with Gasteiger partial charge in [0.25, 0.3) is 0 Å². The molecule has 0 fully saturated rings. The summed E-state index contributed by atoms with van der Waals surface area (Å²) in [4.78, 5) is 11.8. The summed E-state index contributed by atoms with van der Waals surface area (Å²) in [6, 6.07) is 3.90. The third-order valence-corrected chi connectivity index (χ3v) is 4.27. The van der Waals surface area contributed by atoms with Crippen molar-refractivity contribution in [1.82, 2.24) is 0 Å². The molecule has 0 aromatic heterocycles. The molecule has 0 heterocycles. The number of halogens is 1. The van der Waals surface area contributed by atoms with E-state index in [4.69, 9.17) is 11.6 Å². The minimum absolute atomic E-state index is 0.202. The predicted octanol–water partition coefficient (Wildman–Crippen LogP) is 5.64. The van der Waals surface area contributed by atoms with E-state index in [1.165, 1.54) is 0 Å². The lowest BCUT2D eigenvalue weighted by Gasteiger charge is -2.29. The first-order chi connectivity index (χ1) is 9.89. The van der Waals surface area contributed by atoms with Crippen molar-refractivity contribution in [2.75, 3.05) is 0 Å². The molecule has 22 heavy (non-hydrogen) atoms. The average Bonchev–Trinajstić information content (AvgIpc) is 2.33. The molecule has 3 heteroatoms. The number of benzene rings is 1. The molecule has 124 valence electrons. The Balaban J connectivity index is 3.63. The monoisotopic (exact) mass is 324 g/mol. The van der Waals surface area contributed by atoms with Crippen LogP contribution in [0.1, 0.15) is 83.9 Å². The number of phenolic OH excluding ortho intramolecular Hbond substituents is 1. The van der Waals surface area contributed by atoms with Crippen molar-refractivity contribution in [3.05, 3.63) is 28.8 Å². The summed E-state index contributed by atoms with van der Waals surface area (Å²) >= 11 is 5.83. The van der Waals surface area contributed by atoms with Crippen LogP contribution in [0.2, 0.25) is 0 Å². The highest BCUT2D eigenvalue weighted by molar-refractivity contribution is 6.64. The quantitative estimate of drug-likeness (QED) is 0.728. The molecule has 1 unspecified atom stereocenters. The second-order valence-corrected chi connectivity index (χ2v) is 8.48. The fourth-order valence-corrected chi connectivity index (χ4v) is 2.94. The standard InChI is InChI=1S/C19H29ClO2/c1-8-9-13(17(20)22)12-10-14(18(2,3)4)16(21)15(11-12)19(5,6)7/h10-11,13,21H,8-9H2,1-7H3. The number of hydrogen-bond donors (Lipinski definition) is 1. The fourth-order valence-electron chi connectivity index (χ4n) is 2.70. The molecule has 0 spiro atoms. The molecule has 0 bridgehead atoms. The van der Waals surface area contributed by atoms with Crippen molar-refractivity contribution < 1.29 is 9.90 Å². The highest BCUT2D eigenvalue weighted by Gasteiger charge is 2.29. The van der Waals surface area contributed by atoms with Crippen molar-refractivity contribution in [2.45, 2.75) is 78.1 Å². The zero-order valence-electron chi connectivity index (χ0n) is 14.9. The van der Waals surface area contributed by atoms with E-state index in [0.29, 0.717) is 5.75 Å². The first-order valence-corrected chi connectivity index (χ1v) is 8.34. The van der Waals surface area contributed by atoms with E-state index in [-0.39, 0.29) is 22.0 Å².